The Balaban J connectivity index is 1.41. The van der Waals surface area contributed by atoms with E-state index in [2.05, 4.69) is 6.92 Å². The average molecular weight is 369 g/mol. The van der Waals surface area contributed by atoms with Gasteiger partial charge in [-0.15, -0.1) is 0 Å². The first-order chi connectivity index (χ1) is 13.1. The first-order valence-electron chi connectivity index (χ1n) is 11.3. The highest BCUT2D eigenvalue weighted by Gasteiger charge is 2.78. The van der Waals surface area contributed by atoms with Crippen LogP contribution in [0, 0.1) is 52.8 Å². The molecule has 0 aromatic rings. The molecular weight excluding hydrogens is 336 g/mol. The number of allylic oxidation sites excluding steroid dienone is 1. The third-order valence-corrected chi connectivity index (χ3v) is 9.98. The highest BCUT2D eigenvalue weighted by atomic mass is 16.3. The predicted molar refractivity (Wildman–Crippen MR) is 103 cm³/mol. The molecule has 0 radical (unpaired) electrons. The van der Waals surface area contributed by atoms with E-state index in [0.29, 0.717) is 35.4 Å². The van der Waals surface area contributed by atoms with Crippen molar-refractivity contribution in [3.8, 4) is 0 Å². The number of hydrogen-bond donors (Lipinski definition) is 2. The van der Waals surface area contributed by atoms with E-state index >= 15 is 0 Å². The van der Waals surface area contributed by atoms with Gasteiger partial charge in [0.15, 0.2) is 5.78 Å². The molecule has 0 amide bonds. The van der Waals surface area contributed by atoms with Gasteiger partial charge in [0.2, 0.25) is 0 Å². The lowest BCUT2D eigenvalue weighted by molar-refractivity contribution is -0.130. The monoisotopic (exact) mass is 368 g/mol. The smallest absolute Gasteiger partial charge is 0.155 e. The number of aliphatic hydroxyl groups excluding tert-OH is 1. The van der Waals surface area contributed by atoms with Gasteiger partial charge in [-0.1, -0.05) is 24.6 Å². The second-order valence-electron chi connectivity index (χ2n) is 10.5. The summed E-state index contributed by atoms with van der Waals surface area (Å²) in [6.45, 7) is 2.30. The Bertz CT molecular complexity index is 753. The fraction of sp³-hybridized carbons (Fsp3) is 0.792. The maximum atomic E-state index is 12.0. The molecule has 6 unspecified atom stereocenters. The molecule has 0 heterocycles. The molecule has 0 aromatic carbocycles. The lowest BCUT2D eigenvalue weighted by Gasteiger charge is -2.58. The molecule has 0 aliphatic heterocycles. The Labute approximate surface area is 161 Å². The number of hydrogen-bond acceptors (Lipinski definition) is 3. The van der Waals surface area contributed by atoms with Crippen molar-refractivity contribution in [2.75, 3.05) is 6.61 Å². The Morgan fingerprint density at radius 2 is 2.04 bits per heavy atom. The summed E-state index contributed by atoms with van der Waals surface area (Å²) in [6, 6.07) is 0. The molecule has 6 aliphatic rings. The van der Waals surface area contributed by atoms with E-state index in [1.54, 1.807) is 6.08 Å². The molecule has 0 saturated heterocycles. The minimum atomic E-state index is -0.714. The van der Waals surface area contributed by atoms with Crippen LogP contribution < -0.4 is 0 Å². The van der Waals surface area contributed by atoms with Crippen molar-refractivity contribution in [2.45, 2.75) is 57.5 Å². The van der Waals surface area contributed by atoms with Crippen molar-refractivity contribution in [3.63, 3.8) is 0 Å². The molecule has 146 valence electrons. The van der Waals surface area contributed by atoms with Crippen molar-refractivity contribution >= 4 is 5.78 Å². The fourth-order valence-corrected chi connectivity index (χ4v) is 9.03. The summed E-state index contributed by atoms with van der Waals surface area (Å²) >= 11 is 0. The van der Waals surface area contributed by atoms with Crippen molar-refractivity contribution in [2.24, 2.45) is 52.8 Å². The van der Waals surface area contributed by atoms with Crippen LogP contribution in [0.2, 0.25) is 0 Å². The summed E-state index contributed by atoms with van der Waals surface area (Å²) in [6.07, 6.45) is 13.5. The normalized spacial score (nSPS) is 57.3. The Kier molecular flexibility index (Phi) is 3.37. The van der Waals surface area contributed by atoms with Crippen LogP contribution in [0.25, 0.3) is 0 Å². The third-order valence-electron chi connectivity index (χ3n) is 9.98. The van der Waals surface area contributed by atoms with Crippen LogP contribution in [-0.4, -0.2) is 28.2 Å². The van der Waals surface area contributed by atoms with E-state index in [9.17, 15) is 15.0 Å². The van der Waals surface area contributed by atoms with Crippen molar-refractivity contribution in [3.05, 3.63) is 23.8 Å². The molecule has 6 rings (SSSR count). The Morgan fingerprint density at radius 1 is 1.19 bits per heavy atom. The number of ketones is 1. The van der Waals surface area contributed by atoms with Gasteiger partial charge in [-0.3, -0.25) is 4.79 Å². The quantitative estimate of drug-likeness (QED) is 0.750. The minimum absolute atomic E-state index is 0.00621. The Hall–Kier alpha value is -0.930. The van der Waals surface area contributed by atoms with Gasteiger partial charge in [0, 0.05) is 11.8 Å². The van der Waals surface area contributed by atoms with Gasteiger partial charge in [0.25, 0.3) is 0 Å². The topological polar surface area (TPSA) is 57.5 Å². The molecule has 6 aliphatic carbocycles. The first kappa shape index (κ1) is 17.0. The fourth-order valence-electron chi connectivity index (χ4n) is 9.03. The summed E-state index contributed by atoms with van der Waals surface area (Å²) in [5.41, 5.74) is 0.808. The average Bonchev–Trinajstić information content (AvgIpc) is 3.58. The SMILES string of the molecule is CCC12CCC3C4CCC(=O)C=C4[C@@H]4C[C@@H]4C3C1[C@@H]1C[C@@H]1C2(O)/C=C\CO. The lowest BCUT2D eigenvalue weighted by Crippen LogP contribution is -2.56. The van der Waals surface area contributed by atoms with E-state index in [-0.39, 0.29) is 12.0 Å². The van der Waals surface area contributed by atoms with Gasteiger partial charge in [0.1, 0.15) is 0 Å². The molecule has 5 saturated carbocycles. The van der Waals surface area contributed by atoms with E-state index in [4.69, 9.17) is 0 Å². The van der Waals surface area contributed by atoms with Crippen LogP contribution in [0.15, 0.2) is 23.8 Å². The van der Waals surface area contributed by atoms with Crippen molar-refractivity contribution in [1.29, 1.82) is 0 Å². The molecule has 27 heavy (non-hydrogen) atoms. The summed E-state index contributed by atoms with van der Waals surface area (Å²) < 4.78 is 0. The second kappa shape index (κ2) is 5.36. The van der Waals surface area contributed by atoms with Crippen LogP contribution >= 0.6 is 0 Å². The van der Waals surface area contributed by atoms with Gasteiger partial charge in [-0.2, -0.15) is 0 Å². The number of rotatable bonds is 3. The number of fused-ring (bicyclic) bond motifs is 10. The number of aliphatic hydroxyl groups is 2. The van der Waals surface area contributed by atoms with Crippen LogP contribution in [0.1, 0.15) is 51.9 Å². The maximum absolute atomic E-state index is 12.0. The second-order valence-corrected chi connectivity index (χ2v) is 10.5. The van der Waals surface area contributed by atoms with Crippen LogP contribution in [0.4, 0.5) is 0 Å². The third kappa shape index (κ3) is 1.93. The maximum Gasteiger partial charge on any atom is 0.155 e. The van der Waals surface area contributed by atoms with E-state index in [0.717, 1.165) is 43.4 Å². The molecule has 0 bridgehead atoms. The van der Waals surface area contributed by atoms with Crippen LogP contribution in [0.5, 0.6) is 0 Å². The van der Waals surface area contributed by atoms with Gasteiger partial charge in [-0.25, -0.2) is 0 Å². The molecule has 3 nitrogen and oxygen atoms in total. The largest absolute Gasteiger partial charge is 0.392 e. The van der Waals surface area contributed by atoms with Gasteiger partial charge >= 0.3 is 0 Å². The molecule has 3 heteroatoms. The molecule has 2 N–H and O–H groups in total. The predicted octanol–water partition coefficient (Wildman–Crippen LogP) is 3.51. The standard InChI is InChI=1S/C24H32O3/c1-2-23-8-6-15-14-5-4-13(26)10-16(14)17-11-18(17)21(15)22(23)19-12-20(19)24(23,27)7-3-9-25/h3,7,10,14-15,17-22,25,27H,2,4-6,8-9,11-12H2,1H3/b7-3-/t14?,15?,17-,18-,19+,20-,21?,22?,23?,24?/m0/s1. The van der Waals surface area contributed by atoms with Crippen LogP contribution in [0.3, 0.4) is 0 Å². The molecule has 10 atom stereocenters. The highest BCUT2D eigenvalue weighted by molar-refractivity contribution is 5.91. The number of carbonyl (C=O) groups is 1. The highest BCUT2D eigenvalue weighted by Crippen LogP contribution is 2.80. The summed E-state index contributed by atoms with van der Waals surface area (Å²) in [5, 5.41) is 21.2. The Morgan fingerprint density at radius 3 is 2.81 bits per heavy atom. The van der Waals surface area contributed by atoms with Gasteiger partial charge < -0.3 is 10.2 Å². The van der Waals surface area contributed by atoms with E-state index in [1.165, 1.54) is 24.8 Å². The molecule has 5 fully saturated rings. The van der Waals surface area contributed by atoms with Crippen molar-refractivity contribution in [1.82, 2.24) is 0 Å². The molecular formula is C24H32O3. The van der Waals surface area contributed by atoms with E-state index < -0.39 is 5.60 Å². The summed E-state index contributed by atoms with van der Waals surface area (Å²) in [5.74, 6) is 5.68. The zero-order chi connectivity index (χ0) is 18.6. The lowest BCUT2D eigenvalue weighted by atomic mass is 9.47. The van der Waals surface area contributed by atoms with Crippen LogP contribution in [-0.2, 0) is 4.79 Å². The first-order valence-corrected chi connectivity index (χ1v) is 11.3. The zero-order valence-electron chi connectivity index (χ0n) is 16.3. The molecule has 0 spiro atoms. The van der Waals surface area contributed by atoms with Crippen molar-refractivity contribution < 1.29 is 15.0 Å². The van der Waals surface area contributed by atoms with Gasteiger partial charge in [-0.05, 0) is 91.9 Å². The minimum Gasteiger partial charge on any atom is -0.392 e. The zero-order valence-corrected chi connectivity index (χ0v) is 16.3. The van der Waals surface area contributed by atoms with Gasteiger partial charge in [0.05, 0.1) is 12.2 Å². The summed E-state index contributed by atoms with van der Waals surface area (Å²) in [4.78, 5) is 12.0. The number of carbonyl (C=O) groups excluding carboxylic acids is 1. The van der Waals surface area contributed by atoms with E-state index in [1.807, 2.05) is 12.2 Å². The molecule has 0 aromatic heterocycles. The summed E-state index contributed by atoms with van der Waals surface area (Å²) in [7, 11) is 0.